The monoisotopic (exact) mass is 627 g/mol. The third-order valence-electron chi connectivity index (χ3n) is 9.15. The Morgan fingerprint density at radius 3 is 1.50 bits per heavy atom. The van der Waals surface area contributed by atoms with Crippen LogP contribution in [-0.2, 0) is 10.8 Å². The predicted octanol–water partition coefficient (Wildman–Crippen LogP) is 11.3. The van der Waals surface area contributed by atoms with Gasteiger partial charge in [0, 0.05) is 26.0 Å². The van der Waals surface area contributed by atoms with Crippen molar-refractivity contribution in [3.05, 3.63) is 109 Å². The second-order valence-corrected chi connectivity index (χ2v) is 13.8. The summed E-state index contributed by atoms with van der Waals surface area (Å²) in [5, 5.41) is 0. The molecule has 6 rings (SSSR count). The zero-order chi connectivity index (χ0) is 27.0. The van der Waals surface area contributed by atoms with Crippen molar-refractivity contribution in [2.45, 2.75) is 71.6 Å². The number of rotatable bonds is 4. The lowest BCUT2D eigenvalue weighted by atomic mass is 9.77. The summed E-state index contributed by atoms with van der Waals surface area (Å²) in [6.45, 7) is 13.6. The normalized spacial score (nSPS) is 21.6. The van der Waals surface area contributed by atoms with Gasteiger partial charge in [-0.15, -0.1) is 0 Å². The van der Waals surface area contributed by atoms with E-state index in [2.05, 4.69) is 145 Å². The second-order valence-electron chi connectivity index (χ2n) is 12.2. The molecule has 2 bridgehead atoms. The van der Waals surface area contributed by atoms with E-state index >= 15 is 0 Å². The topological polar surface area (TPSA) is 3.24 Å². The number of benzene rings is 4. The van der Waals surface area contributed by atoms with Gasteiger partial charge in [-0.25, -0.2) is 0 Å². The van der Waals surface area contributed by atoms with Crippen LogP contribution in [0.4, 0.5) is 17.1 Å². The summed E-state index contributed by atoms with van der Waals surface area (Å²) in [6.07, 6.45) is 3.93. The Labute approximate surface area is 244 Å². The van der Waals surface area contributed by atoms with Crippen molar-refractivity contribution in [3.8, 4) is 11.1 Å². The van der Waals surface area contributed by atoms with E-state index in [-0.39, 0.29) is 0 Å². The largest absolute Gasteiger partial charge is 0.310 e. The molecule has 194 valence electrons. The van der Waals surface area contributed by atoms with Crippen molar-refractivity contribution in [3.63, 3.8) is 0 Å². The van der Waals surface area contributed by atoms with Crippen LogP contribution in [0.5, 0.6) is 0 Å². The Hall–Kier alpha value is -2.36. The van der Waals surface area contributed by atoms with Crippen LogP contribution >= 0.6 is 31.9 Å². The molecular formula is C35H35Br2N. The van der Waals surface area contributed by atoms with E-state index in [0.29, 0.717) is 10.8 Å². The summed E-state index contributed by atoms with van der Waals surface area (Å²) >= 11 is 7.52. The van der Waals surface area contributed by atoms with Crippen LogP contribution in [0.3, 0.4) is 0 Å². The first-order chi connectivity index (χ1) is 18.0. The molecule has 0 N–H and O–H groups in total. The van der Waals surface area contributed by atoms with Crippen molar-refractivity contribution >= 4 is 48.9 Å². The van der Waals surface area contributed by atoms with E-state index < -0.39 is 0 Å². The van der Waals surface area contributed by atoms with Crippen molar-refractivity contribution in [1.29, 1.82) is 0 Å². The lowest BCUT2D eigenvalue weighted by Crippen LogP contribution is -2.17. The van der Waals surface area contributed by atoms with Crippen LogP contribution in [0, 0.1) is 27.7 Å². The highest BCUT2D eigenvalue weighted by molar-refractivity contribution is 9.10. The van der Waals surface area contributed by atoms with Gasteiger partial charge in [0.05, 0.1) is 0 Å². The van der Waals surface area contributed by atoms with Gasteiger partial charge in [-0.1, -0.05) is 76.0 Å². The molecule has 2 aliphatic carbocycles. The first-order valence-corrected chi connectivity index (χ1v) is 15.2. The van der Waals surface area contributed by atoms with Crippen molar-refractivity contribution < 1.29 is 0 Å². The van der Waals surface area contributed by atoms with Crippen molar-refractivity contribution in [2.24, 2.45) is 0 Å². The molecule has 2 aliphatic rings. The number of hydrogen-bond acceptors (Lipinski definition) is 1. The van der Waals surface area contributed by atoms with Gasteiger partial charge in [0.2, 0.25) is 0 Å². The summed E-state index contributed by atoms with van der Waals surface area (Å²) < 4.78 is 2.35. The highest BCUT2D eigenvalue weighted by atomic mass is 79.9. The van der Waals surface area contributed by atoms with Gasteiger partial charge >= 0.3 is 0 Å². The van der Waals surface area contributed by atoms with E-state index in [4.69, 9.17) is 0 Å². The maximum absolute atomic E-state index is 3.76. The van der Waals surface area contributed by atoms with E-state index in [9.17, 15) is 0 Å². The second kappa shape index (κ2) is 9.10. The maximum atomic E-state index is 3.76. The fraction of sp³-hybridized carbons (Fsp3) is 0.314. The molecule has 4 aromatic rings. The minimum atomic E-state index is 0.339. The zero-order valence-electron chi connectivity index (χ0n) is 23.2. The molecule has 1 nitrogen and oxygen atoms in total. The lowest BCUT2D eigenvalue weighted by Gasteiger charge is -2.28. The first kappa shape index (κ1) is 25.9. The third-order valence-corrected chi connectivity index (χ3v) is 11.6. The minimum absolute atomic E-state index is 0.339. The Balaban J connectivity index is 1.43. The zero-order valence-corrected chi connectivity index (χ0v) is 26.3. The van der Waals surface area contributed by atoms with Gasteiger partial charge < -0.3 is 4.90 Å². The fourth-order valence-corrected chi connectivity index (χ4v) is 7.61. The molecule has 1 saturated carbocycles. The number of anilines is 3. The van der Waals surface area contributed by atoms with Crippen LogP contribution < -0.4 is 4.90 Å². The summed E-state index contributed by atoms with van der Waals surface area (Å²) in [5.41, 5.74) is 14.9. The molecule has 0 radical (unpaired) electrons. The molecule has 4 aromatic carbocycles. The predicted molar refractivity (Wildman–Crippen MR) is 169 cm³/mol. The van der Waals surface area contributed by atoms with E-state index in [0.717, 1.165) is 5.69 Å². The fourth-order valence-electron chi connectivity index (χ4n) is 7.15. The van der Waals surface area contributed by atoms with Gasteiger partial charge in [-0.3, -0.25) is 0 Å². The molecule has 38 heavy (non-hydrogen) atoms. The SMILES string of the molecule is Cc1cc(N(c2ccc(-c3ccc4c(c3)C3(C)CCC4(C)C3)cc2)c2cc(C)c(Br)c(C)c2)cc(C)c1Br. The van der Waals surface area contributed by atoms with E-state index in [1.54, 1.807) is 11.1 Å². The molecule has 0 heterocycles. The van der Waals surface area contributed by atoms with Gasteiger partial charge in [0.15, 0.2) is 0 Å². The molecule has 0 saturated heterocycles. The Kier molecular flexibility index (Phi) is 6.20. The highest BCUT2D eigenvalue weighted by Crippen LogP contribution is 2.60. The highest BCUT2D eigenvalue weighted by Gasteiger charge is 2.52. The average molecular weight is 629 g/mol. The Morgan fingerprint density at radius 2 is 1.00 bits per heavy atom. The number of aryl methyl sites for hydroxylation is 4. The summed E-state index contributed by atoms with van der Waals surface area (Å²) in [6, 6.07) is 25.5. The summed E-state index contributed by atoms with van der Waals surface area (Å²) in [5.74, 6) is 0. The first-order valence-electron chi connectivity index (χ1n) is 13.6. The third kappa shape index (κ3) is 4.09. The Morgan fingerprint density at radius 1 is 0.553 bits per heavy atom. The van der Waals surface area contributed by atoms with Gasteiger partial charge in [0.25, 0.3) is 0 Å². The molecular weight excluding hydrogens is 594 g/mol. The van der Waals surface area contributed by atoms with Crippen molar-refractivity contribution in [1.82, 2.24) is 0 Å². The van der Waals surface area contributed by atoms with Crippen LogP contribution in [0.2, 0.25) is 0 Å². The standard InChI is InChI=1S/C35H35Br2N/c1-21-15-28(16-22(2)32(21)36)38(29-17-23(3)33(37)24(4)18-29)27-10-7-25(8-11-27)26-9-12-30-31(19-26)35(6)14-13-34(30,5)20-35/h7-12,15-19H,13-14,20H2,1-6H3. The van der Waals surface area contributed by atoms with Gasteiger partial charge in [0.1, 0.15) is 0 Å². The molecule has 0 aliphatic heterocycles. The van der Waals surface area contributed by atoms with Crippen LogP contribution in [0.25, 0.3) is 11.1 Å². The van der Waals surface area contributed by atoms with Crippen LogP contribution in [0.15, 0.2) is 75.7 Å². The smallest absolute Gasteiger partial charge is 0.0467 e. The number of fused-ring (bicyclic) bond motifs is 5. The molecule has 0 aromatic heterocycles. The molecule has 3 heteroatoms. The minimum Gasteiger partial charge on any atom is -0.310 e. The summed E-state index contributed by atoms with van der Waals surface area (Å²) in [4.78, 5) is 2.38. The average Bonchev–Trinajstić information content (AvgIpc) is 3.33. The molecule has 2 atom stereocenters. The molecule has 1 fully saturated rings. The molecule has 2 unspecified atom stereocenters. The summed E-state index contributed by atoms with van der Waals surface area (Å²) in [7, 11) is 0. The van der Waals surface area contributed by atoms with Crippen LogP contribution in [0.1, 0.15) is 66.5 Å². The molecule has 0 amide bonds. The van der Waals surface area contributed by atoms with Gasteiger partial charge in [-0.2, -0.15) is 0 Å². The lowest BCUT2D eigenvalue weighted by molar-refractivity contribution is 0.484. The van der Waals surface area contributed by atoms with Gasteiger partial charge in [-0.05, 0) is 139 Å². The maximum Gasteiger partial charge on any atom is 0.0467 e. The molecule has 0 spiro atoms. The number of nitrogens with zero attached hydrogens (tertiary/aromatic N) is 1. The van der Waals surface area contributed by atoms with E-state index in [1.165, 1.54) is 73.0 Å². The van der Waals surface area contributed by atoms with Crippen LogP contribution in [-0.4, -0.2) is 0 Å². The number of hydrogen-bond donors (Lipinski definition) is 0. The van der Waals surface area contributed by atoms with Crippen molar-refractivity contribution in [2.75, 3.05) is 4.90 Å². The number of halogens is 2. The quantitative estimate of drug-likeness (QED) is 0.217. The Bertz CT molecular complexity index is 1480. The van der Waals surface area contributed by atoms with E-state index in [1.807, 2.05) is 0 Å².